The molecule has 0 amide bonds. The van der Waals surface area contributed by atoms with Crippen LogP contribution in [0.3, 0.4) is 0 Å². The van der Waals surface area contributed by atoms with Crippen LogP contribution in [0.4, 0.5) is 0 Å². The Labute approximate surface area is 109 Å². The van der Waals surface area contributed by atoms with Gasteiger partial charge in [0.1, 0.15) is 0 Å². The number of aromatic amines is 1. The first kappa shape index (κ1) is 11.8. The Balaban J connectivity index is 1.99. The van der Waals surface area contributed by atoms with E-state index in [1.54, 1.807) is 0 Å². The predicted octanol–water partition coefficient (Wildman–Crippen LogP) is 4.06. The minimum Gasteiger partial charge on any atom is -0.358 e. The molecule has 0 radical (unpaired) electrons. The van der Waals surface area contributed by atoms with E-state index in [2.05, 4.69) is 36.2 Å². The van der Waals surface area contributed by atoms with Crippen LogP contribution < -0.4 is 5.73 Å². The van der Waals surface area contributed by atoms with Gasteiger partial charge in [-0.3, -0.25) is 0 Å². The van der Waals surface area contributed by atoms with Crippen LogP contribution in [0.1, 0.15) is 49.4 Å². The molecule has 2 heteroatoms. The van der Waals surface area contributed by atoms with Gasteiger partial charge in [0.05, 0.1) is 0 Å². The lowest BCUT2D eigenvalue weighted by molar-refractivity contribution is 0.308. The molecule has 96 valence electrons. The van der Waals surface area contributed by atoms with Crippen LogP contribution in [0.5, 0.6) is 0 Å². The summed E-state index contributed by atoms with van der Waals surface area (Å²) in [6.45, 7) is 2.15. The van der Waals surface area contributed by atoms with Crippen molar-refractivity contribution in [1.29, 1.82) is 0 Å². The molecule has 1 atom stereocenters. The van der Waals surface area contributed by atoms with Gasteiger partial charge in [-0.1, -0.05) is 37.5 Å². The van der Waals surface area contributed by atoms with E-state index in [4.69, 9.17) is 5.73 Å². The second kappa shape index (κ2) is 4.77. The molecule has 1 fully saturated rings. The number of hydrogen-bond acceptors (Lipinski definition) is 1. The maximum Gasteiger partial charge on any atom is 0.0459 e. The number of H-pyrrole nitrogens is 1. The van der Waals surface area contributed by atoms with E-state index in [1.807, 2.05) is 0 Å². The smallest absolute Gasteiger partial charge is 0.0459 e. The van der Waals surface area contributed by atoms with E-state index < -0.39 is 0 Å². The molecule has 2 aromatic rings. The number of hydrogen-bond donors (Lipinski definition) is 2. The summed E-state index contributed by atoms with van der Waals surface area (Å²) in [5.41, 5.74) is 10.4. The Bertz CT molecular complexity index is 535. The molecule has 0 aliphatic heterocycles. The zero-order valence-electron chi connectivity index (χ0n) is 11.1. The first-order valence-electron chi connectivity index (χ1n) is 7.10. The molecule has 1 heterocycles. The average molecular weight is 242 g/mol. The summed E-state index contributed by atoms with van der Waals surface area (Å²) in [4.78, 5) is 3.47. The second-order valence-corrected chi connectivity index (χ2v) is 5.63. The number of aryl methyl sites for hydroxylation is 1. The number of benzene rings is 1. The molecule has 1 saturated carbocycles. The van der Waals surface area contributed by atoms with Crippen LogP contribution in [0.25, 0.3) is 10.9 Å². The predicted molar refractivity (Wildman–Crippen MR) is 76.5 cm³/mol. The van der Waals surface area contributed by atoms with E-state index >= 15 is 0 Å². The Morgan fingerprint density at radius 3 is 2.67 bits per heavy atom. The summed E-state index contributed by atoms with van der Waals surface area (Å²) in [5.74, 6) is 0.664. The van der Waals surface area contributed by atoms with Crippen molar-refractivity contribution in [1.82, 2.24) is 4.98 Å². The van der Waals surface area contributed by atoms with Gasteiger partial charge in [-0.05, 0) is 37.3 Å². The lowest BCUT2D eigenvalue weighted by atomic mass is 9.81. The summed E-state index contributed by atoms with van der Waals surface area (Å²) in [7, 11) is 0. The number of nitrogens with one attached hydrogen (secondary N) is 1. The summed E-state index contributed by atoms with van der Waals surface area (Å²) in [5, 5.41) is 1.31. The SMILES string of the molecule is Cc1[nH]c2ccccc2c1C(N)C1CCCCC1. The summed E-state index contributed by atoms with van der Waals surface area (Å²) in [6, 6.07) is 8.71. The van der Waals surface area contributed by atoms with Crippen molar-refractivity contribution in [2.45, 2.75) is 45.1 Å². The van der Waals surface area contributed by atoms with Crippen molar-refractivity contribution in [3.05, 3.63) is 35.5 Å². The van der Waals surface area contributed by atoms with Gasteiger partial charge in [-0.15, -0.1) is 0 Å². The molecule has 3 N–H and O–H groups in total. The van der Waals surface area contributed by atoms with Gasteiger partial charge >= 0.3 is 0 Å². The van der Waals surface area contributed by atoms with Crippen LogP contribution in [0, 0.1) is 12.8 Å². The quantitative estimate of drug-likeness (QED) is 0.819. The number of para-hydroxylation sites is 1. The van der Waals surface area contributed by atoms with Crippen LogP contribution in [0.15, 0.2) is 24.3 Å². The highest BCUT2D eigenvalue weighted by atomic mass is 14.8. The number of rotatable bonds is 2. The van der Waals surface area contributed by atoms with E-state index in [0.29, 0.717) is 5.92 Å². The van der Waals surface area contributed by atoms with E-state index in [-0.39, 0.29) is 6.04 Å². The monoisotopic (exact) mass is 242 g/mol. The molecule has 1 aromatic carbocycles. The summed E-state index contributed by atoms with van der Waals surface area (Å²) < 4.78 is 0. The largest absolute Gasteiger partial charge is 0.358 e. The van der Waals surface area contributed by atoms with Crippen molar-refractivity contribution in [3.8, 4) is 0 Å². The second-order valence-electron chi connectivity index (χ2n) is 5.63. The highest BCUT2D eigenvalue weighted by Crippen LogP contribution is 2.37. The molecular formula is C16H22N2. The van der Waals surface area contributed by atoms with E-state index in [9.17, 15) is 0 Å². The molecular weight excluding hydrogens is 220 g/mol. The van der Waals surface area contributed by atoms with Crippen molar-refractivity contribution in [2.75, 3.05) is 0 Å². The Morgan fingerprint density at radius 2 is 1.89 bits per heavy atom. The zero-order chi connectivity index (χ0) is 12.5. The number of fused-ring (bicyclic) bond motifs is 1. The fourth-order valence-corrected chi connectivity index (χ4v) is 3.46. The normalized spacial score (nSPS) is 19.2. The van der Waals surface area contributed by atoms with Gasteiger partial charge in [0.2, 0.25) is 0 Å². The van der Waals surface area contributed by atoms with Gasteiger partial charge in [-0.25, -0.2) is 0 Å². The summed E-state index contributed by atoms with van der Waals surface area (Å²) >= 11 is 0. The maximum atomic E-state index is 6.56. The Kier molecular flexibility index (Phi) is 3.13. The third-order valence-corrected chi connectivity index (χ3v) is 4.43. The topological polar surface area (TPSA) is 41.8 Å². The molecule has 1 aliphatic carbocycles. The summed E-state index contributed by atoms with van der Waals surface area (Å²) in [6.07, 6.45) is 6.66. The minimum absolute atomic E-state index is 0.196. The van der Waals surface area contributed by atoms with E-state index in [1.165, 1.54) is 54.3 Å². The molecule has 2 nitrogen and oxygen atoms in total. The zero-order valence-corrected chi connectivity index (χ0v) is 11.1. The minimum atomic E-state index is 0.196. The number of aromatic nitrogens is 1. The molecule has 1 aliphatic rings. The lowest BCUT2D eigenvalue weighted by Crippen LogP contribution is -2.24. The molecule has 1 aromatic heterocycles. The molecule has 18 heavy (non-hydrogen) atoms. The molecule has 0 saturated heterocycles. The maximum absolute atomic E-state index is 6.56. The Morgan fingerprint density at radius 1 is 1.17 bits per heavy atom. The van der Waals surface area contributed by atoms with Crippen LogP contribution >= 0.6 is 0 Å². The standard InChI is InChI=1S/C16H22N2/c1-11-15(13-9-5-6-10-14(13)18-11)16(17)12-7-3-2-4-8-12/h5-6,9-10,12,16,18H,2-4,7-8,17H2,1H3. The first-order valence-corrected chi connectivity index (χ1v) is 7.10. The highest BCUT2D eigenvalue weighted by Gasteiger charge is 2.25. The van der Waals surface area contributed by atoms with Crippen molar-refractivity contribution < 1.29 is 0 Å². The molecule has 0 spiro atoms. The van der Waals surface area contributed by atoms with Gasteiger partial charge in [-0.2, -0.15) is 0 Å². The fourth-order valence-electron chi connectivity index (χ4n) is 3.46. The molecule has 0 bridgehead atoms. The van der Waals surface area contributed by atoms with Gasteiger partial charge < -0.3 is 10.7 Å². The first-order chi connectivity index (χ1) is 8.77. The van der Waals surface area contributed by atoms with Gasteiger partial charge in [0.25, 0.3) is 0 Å². The van der Waals surface area contributed by atoms with Crippen LogP contribution in [-0.4, -0.2) is 4.98 Å². The molecule has 1 unspecified atom stereocenters. The average Bonchev–Trinajstić information content (AvgIpc) is 2.75. The van der Waals surface area contributed by atoms with E-state index in [0.717, 1.165) is 0 Å². The third-order valence-electron chi connectivity index (χ3n) is 4.43. The van der Waals surface area contributed by atoms with Gasteiger partial charge in [0, 0.05) is 22.6 Å². The number of nitrogens with two attached hydrogens (primary N) is 1. The Hall–Kier alpha value is -1.28. The van der Waals surface area contributed by atoms with Crippen molar-refractivity contribution in [3.63, 3.8) is 0 Å². The molecule has 3 rings (SSSR count). The highest BCUT2D eigenvalue weighted by molar-refractivity contribution is 5.85. The van der Waals surface area contributed by atoms with Crippen LogP contribution in [-0.2, 0) is 0 Å². The van der Waals surface area contributed by atoms with Crippen molar-refractivity contribution in [2.24, 2.45) is 11.7 Å². The lowest BCUT2D eigenvalue weighted by Gasteiger charge is -2.28. The van der Waals surface area contributed by atoms with Crippen LogP contribution in [0.2, 0.25) is 0 Å². The van der Waals surface area contributed by atoms with Gasteiger partial charge in [0.15, 0.2) is 0 Å². The fraction of sp³-hybridized carbons (Fsp3) is 0.500. The third kappa shape index (κ3) is 1.95. The van der Waals surface area contributed by atoms with Crippen molar-refractivity contribution >= 4 is 10.9 Å².